The molecule has 9 heteroatoms. The van der Waals surface area contributed by atoms with Gasteiger partial charge in [0.2, 0.25) is 0 Å². The first-order chi connectivity index (χ1) is 73.4. The summed E-state index contributed by atoms with van der Waals surface area (Å²) in [7, 11) is 0. The first-order valence-corrected chi connectivity index (χ1v) is 50.1. The molecule has 2 aliphatic rings. The number of fused-ring (bicyclic) bond motifs is 8. The third-order valence-electron chi connectivity index (χ3n) is 28.6. The van der Waals surface area contributed by atoms with Crippen molar-refractivity contribution in [2.24, 2.45) is 0 Å². The summed E-state index contributed by atoms with van der Waals surface area (Å²) in [5, 5.41) is 4.95. The van der Waals surface area contributed by atoms with E-state index in [1.54, 1.807) is 0 Å². The lowest BCUT2D eigenvalue weighted by atomic mass is 9.67. The Morgan fingerprint density at radius 3 is 0.662 bits per heavy atom. The smallest absolute Gasteiger partial charge is 0.164 e. The second-order valence-corrected chi connectivity index (χ2v) is 37.1. The van der Waals surface area contributed by atoms with E-state index in [0.29, 0.717) is 52.4 Å². The first kappa shape index (κ1) is 89.7. The molecule has 0 fully saturated rings. The Kier molecular flexibility index (Phi) is 24.1. The van der Waals surface area contributed by atoms with Gasteiger partial charge in [-0.05, 0) is 150 Å². The Bertz CT molecular complexity index is 8980. The van der Waals surface area contributed by atoms with Crippen molar-refractivity contribution in [3.63, 3.8) is 0 Å². The molecule has 25 aromatic rings. The van der Waals surface area contributed by atoms with Gasteiger partial charge in [0, 0.05) is 50.1 Å². The fraction of sp³-hybridized carbons (Fsp3) is 0.0144. The highest BCUT2D eigenvalue weighted by Crippen LogP contribution is 2.61. The van der Waals surface area contributed by atoms with Crippen molar-refractivity contribution in [2.45, 2.75) is 10.8 Å². The van der Waals surface area contributed by atoms with Gasteiger partial charge in [0.15, 0.2) is 52.4 Å². The summed E-state index contributed by atoms with van der Waals surface area (Å²) < 4.78 is 0. The standard InChI is InChI=1S/C53H35N3.C46H31N3.C40H27N3/c1-5-17-37(18-6-1)43-25-13-16-28-47(43)53-55-51(40-23-11-4-12-24-40)54-52(56-53)41-31-29-36(30-32-41)42-33-34-46-48(35-42)50(39-21-9-3-10-22-39)45-27-15-14-26-44(45)49(46)38-19-7-2-8-20-38;1-5-16-32(17-6-1)33-28-30-35(31-29-33)44-47-43(34-18-7-2-8-19-34)48-45(49-44)39-25-15-27-41-42(39)38-24-13-14-26-40(38)46(41,36-20-9-3-10-21-36)37-22-11-4-12-23-37;1-5-16-28(17-6-1)37-41-38(29-18-7-2-8-19-29)43-39(42-37)33-25-15-27-35-36(33)32-24-13-14-26-34(32)40(35,30-20-9-3-10-21-30)31-22-11-4-12-23-31/h1-35H;1-31H;1-27H. The summed E-state index contributed by atoms with van der Waals surface area (Å²) in [6.45, 7) is 0. The summed E-state index contributed by atoms with van der Waals surface area (Å²) in [6.07, 6.45) is 0. The molecule has 9 nitrogen and oxygen atoms in total. The molecular formula is C139H93N9. The summed E-state index contributed by atoms with van der Waals surface area (Å²) in [6, 6.07) is 198. The number of rotatable bonds is 18. The molecule has 2 aliphatic carbocycles. The minimum absolute atomic E-state index is 0.484. The van der Waals surface area contributed by atoms with Crippen LogP contribution in [0.4, 0.5) is 0 Å². The van der Waals surface area contributed by atoms with E-state index < -0.39 is 10.8 Å². The zero-order valence-corrected chi connectivity index (χ0v) is 80.7. The fourth-order valence-corrected chi connectivity index (χ4v) is 22.0. The maximum atomic E-state index is 5.22. The minimum Gasteiger partial charge on any atom is -0.208 e. The third kappa shape index (κ3) is 16.7. The van der Waals surface area contributed by atoms with Crippen molar-refractivity contribution in [1.29, 1.82) is 0 Å². The van der Waals surface area contributed by atoms with Crippen LogP contribution in [0.2, 0.25) is 0 Å². The molecule has 0 spiro atoms. The minimum atomic E-state index is -0.504. The summed E-state index contributed by atoms with van der Waals surface area (Å²) >= 11 is 0. The molecule has 0 amide bonds. The highest BCUT2D eigenvalue weighted by molar-refractivity contribution is 6.22. The van der Waals surface area contributed by atoms with Crippen molar-refractivity contribution >= 4 is 21.5 Å². The quantitative estimate of drug-likeness (QED) is 0.0774. The van der Waals surface area contributed by atoms with Gasteiger partial charge in [0.1, 0.15) is 0 Å². The van der Waals surface area contributed by atoms with E-state index in [1.165, 1.54) is 105 Å². The molecule has 22 aromatic carbocycles. The van der Waals surface area contributed by atoms with Crippen LogP contribution in [-0.2, 0) is 10.8 Å². The molecule has 3 heterocycles. The lowest BCUT2D eigenvalue weighted by Crippen LogP contribution is -2.28. The van der Waals surface area contributed by atoms with E-state index in [2.05, 4.69) is 461 Å². The second-order valence-electron chi connectivity index (χ2n) is 37.1. The topological polar surface area (TPSA) is 116 Å². The van der Waals surface area contributed by atoms with Crippen LogP contribution in [0.15, 0.2) is 564 Å². The largest absolute Gasteiger partial charge is 0.208 e. The molecule has 0 saturated carbocycles. The van der Waals surface area contributed by atoms with Gasteiger partial charge in [-0.15, -0.1) is 0 Å². The van der Waals surface area contributed by atoms with Crippen LogP contribution in [-0.4, -0.2) is 44.9 Å². The highest BCUT2D eigenvalue weighted by atomic mass is 15.1. The lowest BCUT2D eigenvalue weighted by Gasteiger charge is -2.33. The van der Waals surface area contributed by atoms with Crippen LogP contribution < -0.4 is 0 Å². The van der Waals surface area contributed by atoms with Gasteiger partial charge in [0.05, 0.1) is 10.8 Å². The van der Waals surface area contributed by atoms with Crippen molar-refractivity contribution in [2.75, 3.05) is 0 Å². The molecule has 0 atom stereocenters. The predicted octanol–water partition coefficient (Wildman–Crippen LogP) is 34.0. The molecular weight excluding hydrogens is 1800 g/mol. The van der Waals surface area contributed by atoms with E-state index in [1.807, 2.05) is 103 Å². The Morgan fingerprint density at radius 2 is 0.318 bits per heavy atom. The molecule has 27 rings (SSSR count). The molecule has 0 unspecified atom stereocenters. The van der Waals surface area contributed by atoms with Crippen molar-refractivity contribution < 1.29 is 0 Å². The average molecular weight is 1890 g/mol. The average Bonchev–Trinajstić information content (AvgIpc) is 1.53. The fourth-order valence-electron chi connectivity index (χ4n) is 22.0. The van der Waals surface area contributed by atoms with E-state index in [9.17, 15) is 0 Å². The Morgan fingerprint density at radius 1 is 0.108 bits per heavy atom. The van der Waals surface area contributed by atoms with Gasteiger partial charge in [0.25, 0.3) is 0 Å². The zero-order chi connectivity index (χ0) is 98.5. The van der Waals surface area contributed by atoms with E-state index in [-0.39, 0.29) is 0 Å². The van der Waals surface area contributed by atoms with Crippen LogP contribution in [0.3, 0.4) is 0 Å². The number of hydrogen-bond acceptors (Lipinski definition) is 9. The van der Waals surface area contributed by atoms with E-state index >= 15 is 0 Å². The normalized spacial score (nSPS) is 12.2. The number of benzene rings is 22. The van der Waals surface area contributed by atoms with Gasteiger partial charge in [-0.25, -0.2) is 44.9 Å². The number of aromatic nitrogens is 9. The first-order valence-electron chi connectivity index (χ1n) is 50.1. The van der Waals surface area contributed by atoms with Gasteiger partial charge in [-0.3, -0.25) is 0 Å². The van der Waals surface area contributed by atoms with Crippen molar-refractivity contribution in [3.05, 3.63) is 609 Å². The van der Waals surface area contributed by atoms with Gasteiger partial charge in [-0.2, -0.15) is 0 Å². The summed E-state index contributed by atoms with van der Waals surface area (Å²) in [5.74, 6) is 5.84. The van der Waals surface area contributed by atoms with E-state index in [0.717, 1.165) is 89.0 Å². The predicted molar refractivity (Wildman–Crippen MR) is 605 cm³/mol. The van der Waals surface area contributed by atoms with Gasteiger partial charge < -0.3 is 0 Å². The molecule has 148 heavy (non-hydrogen) atoms. The van der Waals surface area contributed by atoms with Crippen LogP contribution in [0.1, 0.15) is 44.5 Å². The van der Waals surface area contributed by atoms with Crippen LogP contribution >= 0.6 is 0 Å². The van der Waals surface area contributed by atoms with E-state index in [4.69, 9.17) is 44.9 Å². The van der Waals surface area contributed by atoms with Crippen molar-refractivity contribution in [1.82, 2.24) is 44.9 Å². The molecule has 0 bridgehead atoms. The monoisotopic (exact) mass is 1890 g/mol. The summed E-state index contributed by atoms with van der Waals surface area (Å²) in [5.41, 5.74) is 33.9. The van der Waals surface area contributed by atoms with Crippen LogP contribution in [0, 0.1) is 0 Å². The SMILES string of the molecule is c1ccc(-c2ccc(-c3nc(-c4ccccc4)nc(-c4cccc5c4-c4ccccc4C5(c4ccccc4)c4ccccc4)n3)cc2)cc1.c1ccc(-c2nc(-c3ccc(-c4ccc5c(-c6ccccc6)c6ccccc6c(-c6ccccc6)c5c4)cc3)nc(-c3ccccc3-c3ccccc3)n2)cc1.c1ccc(-c2nc(-c3ccccc3)nc(-c3cccc4c3-c3ccccc3C4(c3ccccc3)c3ccccc3)n2)cc1. The third-order valence-corrected chi connectivity index (χ3v) is 28.6. The molecule has 0 aliphatic heterocycles. The molecule has 0 radical (unpaired) electrons. The van der Waals surface area contributed by atoms with Gasteiger partial charge >= 0.3 is 0 Å². The Labute approximate surface area is 860 Å². The maximum Gasteiger partial charge on any atom is 0.164 e. The molecule has 694 valence electrons. The maximum absolute atomic E-state index is 5.22. The van der Waals surface area contributed by atoms with Crippen molar-refractivity contribution in [3.8, 4) is 180 Å². The Balaban J connectivity index is 0.000000116. The highest BCUT2D eigenvalue weighted by Gasteiger charge is 2.49. The molecule has 3 aromatic heterocycles. The summed E-state index contributed by atoms with van der Waals surface area (Å²) in [4.78, 5) is 45.8. The number of nitrogens with zero attached hydrogens (tertiary/aromatic N) is 9. The Hall–Kier alpha value is -19.6. The zero-order valence-electron chi connectivity index (χ0n) is 80.7. The number of hydrogen-bond donors (Lipinski definition) is 0. The second kappa shape index (κ2) is 39.7. The van der Waals surface area contributed by atoms with Crippen LogP contribution in [0.25, 0.3) is 202 Å². The van der Waals surface area contributed by atoms with Gasteiger partial charge in [-0.1, -0.05) is 558 Å². The molecule has 0 saturated heterocycles. The molecule has 0 N–H and O–H groups in total. The van der Waals surface area contributed by atoms with Crippen LogP contribution in [0.5, 0.6) is 0 Å². The lowest BCUT2D eigenvalue weighted by molar-refractivity contribution is 0.768.